The number of hydrazine groups is 1. The van der Waals surface area contributed by atoms with Crippen LogP contribution in [0.2, 0.25) is 0 Å². The number of nitrogens with one attached hydrogen (secondary N) is 1. The van der Waals surface area contributed by atoms with Crippen LogP contribution in [0.15, 0.2) is 0 Å². The first kappa shape index (κ1) is 9.74. The first-order valence-electron chi connectivity index (χ1n) is 2.87. The minimum absolute atomic E-state index is 0.152. The summed E-state index contributed by atoms with van der Waals surface area (Å²) in [6.07, 6.45) is 0. The first-order valence-corrected chi connectivity index (χ1v) is 4.03. The van der Waals surface area contributed by atoms with Gasteiger partial charge in [0.1, 0.15) is 0 Å². The molecule has 4 nitrogen and oxygen atoms in total. The molecule has 0 spiro atoms. The van der Waals surface area contributed by atoms with E-state index >= 15 is 0 Å². The van der Waals surface area contributed by atoms with Gasteiger partial charge in [0, 0.05) is 12.9 Å². The molecular weight excluding hydrogens is 152 g/mol. The average Bonchev–Trinajstić information content (AvgIpc) is 1.98. The van der Waals surface area contributed by atoms with Gasteiger partial charge in [-0.1, -0.05) is 0 Å². The zero-order valence-corrected chi connectivity index (χ0v) is 6.74. The molecule has 0 fully saturated rings. The molecule has 0 rings (SSSR count). The number of hydrogen-bond acceptors (Lipinski definition) is 4. The zero-order valence-electron chi connectivity index (χ0n) is 5.92. The van der Waals surface area contributed by atoms with Crippen molar-refractivity contribution < 1.29 is 9.53 Å². The number of ether oxygens (including phenoxy) is 1. The summed E-state index contributed by atoms with van der Waals surface area (Å²) in [5, 5.41) is 0. The lowest BCUT2D eigenvalue weighted by Crippen LogP contribution is -2.31. The summed E-state index contributed by atoms with van der Waals surface area (Å²) in [5.74, 6) is 5.92. The molecule has 0 aliphatic carbocycles. The van der Waals surface area contributed by atoms with Crippen molar-refractivity contribution in [2.45, 2.75) is 0 Å². The van der Waals surface area contributed by atoms with E-state index in [1.807, 2.05) is 5.43 Å². The van der Waals surface area contributed by atoms with E-state index < -0.39 is 0 Å². The van der Waals surface area contributed by atoms with Gasteiger partial charge in [-0.25, -0.2) is 5.84 Å². The largest absolute Gasteiger partial charge is 0.384 e. The Morgan fingerprint density at radius 2 is 2.50 bits per heavy atom. The Morgan fingerprint density at radius 3 is 3.00 bits per heavy atom. The Morgan fingerprint density at radius 1 is 1.80 bits per heavy atom. The van der Waals surface area contributed by atoms with E-state index in [4.69, 9.17) is 10.6 Å². The molecule has 0 saturated carbocycles. The number of carbonyl (C=O) groups is 1. The van der Waals surface area contributed by atoms with E-state index in [9.17, 15) is 4.79 Å². The third kappa shape index (κ3) is 5.87. The maximum Gasteiger partial charge on any atom is 0.243 e. The van der Waals surface area contributed by atoms with Crippen molar-refractivity contribution in [2.24, 2.45) is 5.84 Å². The molecule has 0 heterocycles. The van der Waals surface area contributed by atoms with Crippen LogP contribution in [0.4, 0.5) is 0 Å². The topological polar surface area (TPSA) is 64.3 Å². The van der Waals surface area contributed by atoms with Crippen LogP contribution in [0.25, 0.3) is 0 Å². The van der Waals surface area contributed by atoms with E-state index in [1.165, 1.54) is 11.8 Å². The van der Waals surface area contributed by atoms with Gasteiger partial charge in [0.15, 0.2) is 0 Å². The van der Waals surface area contributed by atoms with Gasteiger partial charge in [-0.15, -0.1) is 11.8 Å². The molecule has 5 heteroatoms. The standard InChI is InChI=1S/C5H12N2O2S/c1-9-2-3-10-4-5(8)7-6/h2-4,6H2,1H3,(H,7,8). The average molecular weight is 164 g/mol. The summed E-state index contributed by atoms with van der Waals surface area (Å²) in [6, 6.07) is 0. The van der Waals surface area contributed by atoms with Crippen molar-refractivity contribution in [3.05, 3.63) is 0 Å². The minimum Gasteiger partial charge on any atom is -0.384 e. The minimum atomic E-state index is -0.152. The van der Waals surface area contributed by atoms with Crippen LogP contribution in [0.5, 0.6) is 0 Å². The molecule has 0 aromatic carbocycles. The molecule has 3 N–H and O–H groups in total. The number of rotatable bonds is 5. The van der Waals surface area contributed by atoms with Gasteiger partial charge in [-0.3, -0.25) is 10.2 Å². The maximum absolute atomic E-state index is 10.5. The van der Waals surface area contributed by atoms with E-state index in [0.717, 1.165) is 5.75 Å². The lowest BCUT2D eigenvalue weighted by molar-refractivity contribution is -0.118. The fraction of sp³-hybridized carbons (Fsp3) is 0.800. The van der Waals surface area contributed by atoms with Crippen molar-refractivity contribution in [2.75, 3.05) is 25.2 Å². The molecule has 0 aromatic heterocycles. The number of carbonyl (C=O) groups excluding carboxylic acids is 1. The molecule has 0 saturated heterocycles. The number of thioether (sulfide) groups is 1. The van der Waals surface area contributed by atoms with E-state index in [0.29, 0.717) is 12.4 Å². The Labute approximate surface area is 64.5 Å². The highest BCUT2D eigenvalue weighted by Gasteiger charge is 1.96. The Kier molecular flexibility index (Phi) is 6.68. The fourth-order valence-electron chi connectivity index (χ4n) is 0.349. The highest BCUT2D eigenvalue weighted by atomic mass is 32.2. The monoisotopic (exact) mass is 164 g/mol. The van der Waals surface area contributed by atoms with Crippen LogP contribution >= 0.6 is 11.8 Å². The molecule has 1 amide bonds. The normalized spacial score (nSPS) is 9.40. The third-order valence-corrected chi connectivity index (χ3v) is 1.75. The van der Waals surface area contributed by atoms with E-state index in [2.05, 4.69) is 0 Å². The number of nitrogens with two attached hydrogens (primary N) is 1. The highest BCUT2D eigenvalue weighted by molar-refractivity contribution is 7.99. The van der Waals surface area contributed by atoms with E-state index in [1.54, 1.807) is 7.11 Å². The maximum atomic E-state index is 10.5. The molecule has 60 valence electrons. The molecule has 0 aromatic rings. The van der Waals surface area contributed by atoms with E-state index in [-0.39, 0.29) is 5.91 Å². The second-order valence-corrected chi connectivity index (χ2v) is 2.72. The smallest absolute Gasteiger partial charge is 0.243 e. The summed E-state index contributed by atoms with van der Waals surface area (Å²) < 4.78 is 4.77. The highest BCUT2D eigenvalue weighted by Crippen LogP contribution is 1.97. The summed E-state index contributed by atoms with van der Waals surface area (Å²) in [7, 11) is 1.63. The second kappa shape index (κ2) is 6.85. The fourth-order valence-corrected chi connectivity index (χ4v) is 1.05. The van der Waals surface area contributed by atoms with Crippen LogP contribution in [0.3, 0.4) is 0 Å². The van der Waals surface area contributed by atoms with Crippen molar-refractivity contribution in [3.63, 3.8) is 0 Å². The molecular formula is C5H12N2O2S. The molecule has 0 radical (unpaired) electrons. The van der Waals surface area contributed by atoms with Gasteiger partial charge in [0.2, 0.25) is 5.91 Å². The molecule has 0 unspecified atom stereocenters. The van der Waals surface area contributed by atoms with Crippen LogP contribution in [-0.2, 0) is 9.53 Å². The van der Waals surface area contributed by atoms with Gasteiger partial charge in [-0.2, -0.15) is 0 Å². The lowest BCUT2D eigenvalue weighted by atomic mass is 10.7. The molecule has 0 bridgehead atoms. The van der Waals surface area contributed by atoms with Crippen LogP contribution in [0, 0.1) is 0 Å². The zero-order chi connectivity index (χ0) is 7.82. The summed E-state index contributed by atoms with van der Waals surface area (Å²) in [5.41, 5.74) is 2.04. The predicted molar refractivity (Wildman–Crippen MR) is 41.5 cm³/mol. The molecule has 0 atom stereocenters. The molecule has 0 aliphatic heterocycles. The van der Waals surface area contributed by atoms with Crippen molar-refractivity contribution in [1.82, 2.24) is 5.43 Å². The molecule has 0 aliphatic rings. The van der Waals surface area contributed by atoms with Crippen molar-refractivity contribution >= 4 is 17.7 Å². The van der Waals surface area contributed by atoms with Gasteiger partial charge >= 0.3 is 0 Å². The van der Waals surface area contributed by atoms with Crippen LogP contribution < -0.4 is 11.3 Å². The third-order valence-electron chi connectivity index (χ3n) is 0.826. The van der Waals surface area contributed by atoms with Gasteiger partial charge < -0.3 is 4.74 Å². The van der Waals surface area contributed by atoms with Gasteiger partial charge in [-0.05, 0) is 0 Å². The van der Waals surface area contributed by atoms with Gasteiger partial charge in [0.25, 0.3) is 0 Å². The Balaban J connectivity index is 2.96. The number of hydrogen-bond donors (Lipinski definition) is 2. The SMILES string of the molecule is COCCSCC(=O)NN. The van der Waals surface area contributed by atoms with Crippen LogP contribution in [0.1, 0.15) is 0 Å². The van der Waals surface area contributed by atoms with Crippen molar-refractivity contribution in [3.8, 4) is 0 Å². The number of methoxy groups -OCH3 is 1. The Hall–Kier alpha value is -0.260. The Bertz CT molecular complexity index is 99.6. The first-order chi connectivity index (χ1) is 4.81. The van der Waals surface area contributed by atoms with Crippen molar-refractivity contribution in [1.29, 1.82) is 0 Å². The number of amides is 1. The second-order valence-electron chi connectivity index (χ2n) is 1.61. The summed E-state index contributed by atoms with van der Waals surface area (Å²) in [6.45, 7) is 0.669. The summed E-state index contributed by atoms with van der Waals surface area (Å²) in [4.78, 5) is 10.5. The molecule has 10 heavy (non-hydrogen) atoms. The van der Waals surface area contributed by atoms with Crippen LogP contribution in [-0.4, -0.2) is 31.1 Å². The summed E-state index contributed by atoms with van der Waals surface area (Å²) >= 11 is 1.49. The quantitative estimate of drug-likeness (QED) is 0.245. The predicted octanol–water partition coefficient (Wildman–Crippen LogP) is -0.644. The lowest BCUT2D eigenvalue weighted by Gasteiger charge is -1.98. The van der Waals surface area contributed by atoms with Gasteiger partial charge in [0.05, 0.1) is 12.4 Å².